The summed E-state index contributed by atoms with van der Waals surface area (Å²) in [6.07, 6.45) is -2.90. The van der Waals surface area contributed by atoms with Crippen molar-refractivity contribution >= 4 is 28.4 Å². The smallest absolute Gasteiger partial charge is 0.308 e. The summed E-state index contributed by atoms with van der Waals surface area (Å²) in [4.78, 5) is 26.6. The number of anilines is 2. The number of urea groups is 1. The molecule has 7 nitrogen and oxygen atoms in total. The largest absolute Gasteiger partial charge is 0.416 e. The lowest BCUT2D eigenvalue weighted by molar-refractivity contribution is -0.137. The molecule has 0 unspecified atom stereocenters. The average molecular weight is 413 g/mol. The SMILES string of the molecule is O=C(Nc1ccc(-c2cc(=O)[nH]c3[nH]ncc23)cc1)Nc1cccc(C(F)(F)F)c1. The van der Waals surface area contributed by atoms with E-state index in [4.69, 9.17) is 0 Å². The molecule has 0 bridgehead atoms. The number of fused-ring (bicyclic) bond motifs is 1. The molecule has 4 N–H and O–H groups in total. The lowest BCUT2D eigenvalue weighted by Crippen LogP contribution is -2.19. The lowest BCUT2D eigenvalue weighted by Gasteiger charge is -2.11. The maximum Gasteiger partial charge on any atom is 0.416 e. The third-order valence-corrected chi connectivity index (χ3v) is 4.35. The van der Waals surface area contributed by atoms with E-state index in [0.29, 0.717) is 16.9 Å². The van der Waals surface area contributed by atoms with E-state index in [2.05, 4.69) is 25.8 Å². The number of amides is 2. The Kier molecular flexibility index (Phi) is 4.74. The topological polar surface area (TPSA) is 103 Å². The zero-order valence-corrected chi connectivity index (χ0v) is 15.2. The second-order valence-corrected chi connectivity index (χ2v) is 6.44. The van der Waals surface area contributed by atoms with E-state index in [1.54, 1.807) is 30.5 Å². The third kappa shape index (κ3) is 4.02. The summed E-state index contributed by atoms with van der Waals surface area (Å²) in [7, 11) is 0. The highest BCUT2D eigenvalue weighted by atomic mass is 19.4. The first-order valence-corrected chi connectivity index (χ1v) is 8.72. The predicted octanol–water partition coefficient (Wildman–Crippen LogP) is 4.58. The molecule has 152 valence electrons. The number of nitrogens with zero attached hydrogens (tertiary/aromatic N) is 1. The highest BCUT2D eigenvalue weighted by Gasteiger charge is 2.30. The minimum absolute atomic E-state index is 0.0183. The fourth-order valence-corrected chi connectivity index (χ4v) is 2.99. The van der Waals surface area contributed by atoms with E-state index in [-0.39, 0.29) is 11.2 Å². The molecule has 2 amide bonds. The maximum absolute atomic E-state index is 12.8. The monoisotopic (exact) mass is 413 g/mol. The molecule has 0 spiro atoms. The van der Waals surface area contributed by atoms with Crippen molar-refractivity contribution in [3.05, 3.63) is 76.7 Å². The number of rotatable bonds is 3. The molecule has 2 aromatic carbocycles. The Balaban J connectivity index is 1.49. The molecule has 4 rings (SSSR count). The molecule has 0 saturated carbocycles. The van der Waals surface area contributed by atoms with Gasteiger partial charge in [0.2, 0.25) is 5.56 Å². The molecule has 0 aliphatic heterocycles. The van der Waals surface area contributed by atoms with Gasteiger partial charge in [-0.1, -0.05) is 18.2 Å². The van der Waals surface area contributed by atoms with Crippen LogP contribution in [0.1, 0.15) is 5.56 Å². The van der Waals surface area contributed by atoms with E-state index in [1.807, 2.05) is 0 Å². The fraction of sp³-hybridized carbons (Fsp3) is 0.0500. The lowest BCUT2D eigenvalue weighted by atomic mass is 10.0. The van der Waals surface area contributed by atoms with Crippen LogP contribution in [0.5, 0.6) is 0 Å². The van der Waals surface area contributed by atoms with Gasteiger partial charge < -0.3 is 15.6 Å². The molecule has 2 heterocycles. The summed E-state index contributed by atoms with van der Waals surface area (Å²) in [6, 6.07) is 11.8. The van der Waals surface area contributed by atoms with E-state index < -0.39 is 17.8 Å². The number of pyridine rings is 1. The molecule has 0 atom stereocenters. The first-order chi connectivity index (χ1) is 14.3. The summed E-state index contributed by atoms with van der Waals surface area (Å²) in [5.41, 5.74) is 1.21. The van der Waals surface area contributed by atoms with E-state index in [1.165, 1.54) is 18.2 Å². The van der Waals surface area contributed by atoms with E-state index in [0.717, 1.165) is 23.1 Å². The highest BCUT2D eigenvalue weighted by Crippen LogP contribution is 2.31. The van der Waals surface area contributed by atoms with Crippen LogP contribution >= 0.6 is 0 Å². The van der Waals surface area contributed by atoms with Crippen LogP contribution in [0, 0.1) is 0 Å². The normalized spacial score (nSPS) is 11.4. The van der Waals surface area contributed by atoms with Crippen molar-refractivity contribution in [3.63, 3.8) is 0 Å². The standard InChI is InChI=1S/C20H14F3N5O2/c21-20(22,23)12-2-1-3-14(8-12)26-19(30)25-13-6-4-11(5-7-13)15-9-17(29)27-18-16(15)10-24-28-18/h1-10H,(H2,25,26,30)(H2,24,27,28,29). The van der Waals surface area contributed by atoms with Crippen molar-refractivity contribution in [3.8, 4) is 11.1 Å². The van der Waals surface area contributed by atoms with Crippen LogP contribution in [-0.2, 0) is 6.18 Å². The van der Waals surface area contributed by atoms with Crippen LogP contribution in [0.4, 0.5) is 29.3 Å². The predicted molar refractivity (Wildman–Crippen MR) is 106 cm³/mol. The molecule has 10 heteroatoms. The van der Waals surface area contributed by atoms with Gasteiger partial charge in [0.1, 0.15) is 5.65 Å². The molecule has 0 saturated heterocycles. The Morgan fingerprint density at radius 3 is 2.43 bits per heavy atom. The molecule has 4 aromatic rings. The Labute approximate surface area is 166 Å². The van der Waals surface area contributed by atoms with Gasteiger partial charge in [-0.3, -0.25) is 9.89 Å². The van der Waals surface area contributed by atoms with E-state index >= 15 is 0 Å². The number of alkyl halides is 3. The number of aromatic nitrogens is 3. The van der Waals surface area contributed by atoms with E-state index in [9.17, 15) is 22.8 Å². The number of halogens is 3. The molecule has 0 aliphatic rings. The van der Waals surface area contributed by atoms with Gasteiger partial charge in [0, 0.05) is 22.8 Å². The third-order valence-electron chi connectivity index (χ3n) is 4.35. The molecular formula is C20H14F3N5O2. The Morgan fingerprint density at radius 2 is 1.70 bits per heavy atom. The number of aromatic amines is 2. The Morgan fingerprint density at radius 1 is 0.967 bits per heavy atom. The van der Waals surface area contributed by atoms with Crippen molar-refractivity contribution < 1.29 is 18.0 Å². The molecule has 0 aliphatic carbocycles. The summed E-state index contributed by atoms with van der Waals surface area (Å²) in [6.45, 7) is 0. The van der Waals surface area contributed by atoms with Gasteiger partial charge in [-0.25, -0.2) is 4.79 Å². The quantitative estimate of drug-likeness (QED) is 0.395. The maximum atomic E-state index is 12.8. The number of benzene rings is 2. The summed E-state index contributed by atoms with van der Waals surface area (Å²) < 4.78 is 38.3. The van der Waals surface area contributed by atoms with Crippen molar-refractivity contribution in [2.45, 2.75) is 6.18 Å². The van der Waals surface area contributed by atoms with Crippen molar-refractivity contribution in [1.82, 2.24) is 15.2 Å². The second kappa shape index (κ2) is 7.39. The van der Waals surface area contributed by atoms with Crippen molar-refractivity contribution in [2.24, 2.45) is 0 Å². The highest BCUT2D eigenvalue weighted by molar-refractivity contribution is 6.00. The van der Waals surface area contributed by atoms with Crippen LogP contribution in [0.3, 0.4) is 0 Å². The minimum Gasteiger partial charge on any atom is -0.308 e. The fourth-order valence-electron chi connectivity index (χ4n) is 2.99. The molecule has 0 fully saturated rings. The van der Waals surface area contributed by atoms with Crippen LogP contribution in [-0.4, -0.2) is 21.2 Å². The zero-order chi connectivity index (χ0) is 21.3. The van der Waals surface area contributed by atoms with Crippen LogP contribution in [0.15, 0.2) is 65.6 Å². The Bertz CT molecular complexity index is 1280. The van der Waals surface area contributed by atoms with Crippen LogP contribution in [0.2, 0.25) is 0 Å². The van der Waals surface area contributed by atoms with Crippen LogP contribution < -0.4 is 16.2 Å². The number of carbonyl (C=O) groups is 1. The van der Waals surface area contributed by atoms with Gasteiger partial charge in [-0.15, -0.1) is 0 Å². The summed E-state index contributed by atoms with van der Waals surface area (Å²) in [5.74, 6) is 0. The van der Waals surface area contributed by atoms with Gasteiger partial charge in [0.25, 0.3) is 0 Å². The summed E-state index contributed by atoms with van der Waals surface area (Å²) in [5, 5.41) is 12.3. The Hall–Kier alpha value is -4.08. The molecular weight excluding hydrogens is 399 g/mol. The molecule has 0 radical (unpaired) electrons. The number of H-pyrrole nitrogens is 2. The minimum atomic E-state index is -4.50. The van der Waals surface area contributed by atoms with Gasteiger partial charge in [-0.2, -0.15) is 18.3 Å². The number of nitrogens with one attached hydrogen (secondary N) is 4. The van der Waals surface area contributed by atoms with Gasteiger partial charge in [-0.05, 0) is 41.5 Å². The number of carbonyl (C=O) groups excluding carboxylic acids is 1. The first kappa shape index (κ1) is 19.2. The molecule has 30 heavy (non-hydrogen) atoms. The van der Waals surface area contributed by atoms with Crippen LogP contribution in [0.25, 0.3) is 22.2 Å². The second-order valence-electron chi connectivity index (χ2n) is 6.44. The van der Waals surface area contributed by atoms with Crippen molar-refractivity contribution in [2.75, 3.05) is 10.6 Å². The van der Waals surface area contributed by atoms with Gasteiger partial charge >= 0.3 is 12.2 Å². The zero-order valence-electron chi connectivity index (χ0n) is 15.2. The first-order valence-electron chi connectivity index (χ1n) is 8.72. The molecule has 2 aromatic heterocycles. The van der Waals surface area contributed by atoms with Crippen molar-refractivity contribution in [1.29, 1.82) is 0 Å². The van der Waals surface area contributed by atoms with Gasteiger partial charge in [0.05, 0.1) is 11.8 Å². The number of hydrogen-bond donors (Lipinski definition) is 4. The number of hydrogen-bond acceptors (Lipinski definition) is 3. The van der Waals surface area contributed by atoms with Gasteiger partial charge in [0.15, 0.2) is 0 Å². The summed E-state index contributed by atoms with van der Waals surface area (Å²) >= 11 is 0. The average Bonchev–Trinajstić information content (AvgIpc) is 3.16.